The molecule has 0 saturated heterocycles. The molecule has 0 atom stereocenters. The minimum absolute atomic E-state index is 0.534. The molecule has 2 aliphatic rings. The first-order valence-corrected chi connectivity index (χ1v) is 24.1. The lowest BCUT2D eigenvalue weighted by atomic mass is 9.69. The molecule has 2 nitrogen and oxygen atoms in total. The highest BCUT2D eigenvalue weighted by Gasteiger charge is 2.52. The van der Waals surface area contributed by atoms with E-state index in [1.807, 2.05) is 11.3 Å². The van der Waals surface area contributed by atoms with Crippen molar-refractivity contribution in [3.05, 3.63) is 265 Å². The van der Waals surface area contributed by atoms with E-state index in [0.29, 0.717) is 5.82 Å². The highest BCUT2D eigenvalue weighted by atomic mass is 32.1. The third-order valence-electron chi connectivity index (χ3n) is 14.3. The van der Waals surface area contributed by atoms with Gasteiger partial charge in [0, 0.05) is 36.9 Å². The summed E-state index contributed by atoms with van der Waals surface area (Å²) in [7, 11) is 0. The van der Waals surface area contributed by atoms with Crippen LogP contribution in [0.5, 0.6) is 0 Å². The molecule has 3 heteroatoms. The molecule has 68 heavy (non-hydrogen) atoms. The molecule has 2 aromatic heterocycles. The quantitative estimate of drug-likeness (QED) is 0.166. The molecule has 1 spiro atoms. The summed E-state index contributed by atoms with van der Waals surface area (Å²) in [5.41, 5.74) is 21.6. The van der Waals surface area contributed by atoms with Crippen LogP contribution in [0.25, 0.3) is 110 Å². The fourth-order valence-electron chi connectivity index (χ4n) is 11.4. The van der Waals surface area contributed by atoms with Crippen molar-refractivity contribution in [1.29, 1.82) is 0 Å². The largest absolute Gasteiger partial charge is 0.228 e. The standard InChI is InChI=1S/C65H40N2S/c1-3-18-41(19-4-1)43-22-15-23-44(36-43)45-37-46(48-28-16-30-54-52-27-10-14-35-61(52)68-63(48)54)39-47(38-45)59-40-60(67-64(66-59)42-20-5-2-6-21-42)55-31-17-29-53-51-26-9-13-34-58(51)65(62(53)55)56-32-11-7-24-49(56)50-25-8-12-33-57(50)65/h1-40H. The molecule has 0 N–H and O–H groups in total. The highest BCUT2D eigenvalue weighted by Crippen LogP contribution is 2.64. The van der Waals surface area contributed by atoms with Gasteiger partial charge in [-0.05, 0) is 114 Å². The average molecular weight is 881 g/mol. The third kappa shape index (κ3) is 5.83. The Morgan fingerprint density at radius 2 is 0.765 bits per heavy atom. The lowest BCUT2D eigenvalue weighted by molar-refractivity contribution is 0.795. The summed E-state index contributed by atoms with van der Waals surface area (Å²) in [6.45, 7) is 0. The molecule has 0 amide bonds. The van der Waals surface area contributed by atoms with E-state index in [2.05, 4.69) is 243 Å². The Bertz CT molecular complexity index is 3910. The Morgan fingerprint density at radius 1 is 0.294 bits per heavy atom. The van der Waals surface area contributed by atoms with Gasteiger partial charge in [-0.1, -0.05) is 206 Å². The second-order valence-electron chi connectivity index (χ2n) is 18.0. The van der Waals surface area contributed by atoms with E-state index in [0.717, 1.165) is 44.8 Å². The predicted molar refractivity (Wildman–Crippen MR) is 284 cm³/mol. The Kier molecular flexibility index (Phi) is 8.71. The lowest BCUT2D eigenvalue weighted by Crippen LogP contribution is -2.26. The zero-order valence-corrected chi connectivity index (χ0v) is 37.7. The molecule has 2 aliphatic carbocycles. The maximum absolute atomic E-state index is 5.57. The highest BCUT2D eigenvalue weighted by molar-refractivity contribution is 7.26. The molecule has 2 heterocycles. The van der Waals surface area contributed by atoms with Crippen LogP contribution in [-0.2, 0) is 5.41 Å². The van der Waals surface area contributed by atoms with E-state index in [9.17, 15) is 0 Å². The third-order valence-corrected chi connectivity index (χ3v) is 15.5. The summed E-state index contributed by atoms with van der Waals surface area (Å²) < 4.78 is 2.57. The first-order valence-electron chi connectivity index (χ1n) is 23.3. The van der Waals surface area contributed by atoms with Gasteiger partial charge < -0.3 is 0 Å². The van der Waals surface area contributed by atoms with Crippen molar-refractivity contribution in [2.75, 3.05) is 0 Å². The molecule has 0 fully saturated rings. The summed E-state index contributed by atoms with van der Waals surface area (Å²) in [5.74, 6) is 0.692. The minimum atomic E-state index is -0.534. The molecule has 316 valence electrons. The summed E-state index contributed by atoms with van der Waals surface area (Å²) >= 11 is 1.87. The molecule has 0 radical (unpaired) electrons. The number of nitrogens with zero attached hydrogens (tertiary/aromatic N) is 2. The van der Waals surface area contributed by atoms with Crippen molar-refractivity contribution in [1.82, 2.24) is 9.97 Å². The van der Waals surface area contributed by atoms with Gasteiger partial charge >= 0.3 is 0 Å². The molecule has 10 aromatic carbocycles. The van der Waals surface area contributed by atoms with Crippen LogP contribution in [0.15, 0.2) is 243 Å². The van der Waals surface area contributed by atoms with Gasteiger partial charge in [0.15, 0.2) is 5.82 Å². The number of aromatic nitrogens is 2. The average Bonchev–Trinajstić information content (AvgIpc) is 4.06. The van der Waals surface area contributed by atoms with Crippen molar-refractivity contribution in [3.8, 4) is 89.5 Å². The molecular formula is C65H40N2S. The number of benzene rings is 10. The van der Waals surface area contributed by atoms with Gasteiger partial charge in [0.1, 0.15) is 0 Å². The van der Waals surface area contributed by atoms with E-state index in [1.165, 1.54) is 81.4 Å². The number of hydrogen-bond acceptors (Lipinski definition) is 3. The first kappa shape index (κ1) is 38.7. The van der Waals surface area contributed by atoms with Crippen molar-refractivity contribution < 1.29 is 0 Å². The Labute approximate surface area is 399 Å². The van der Waals surface area contributed by atoms with E-state index in [1.54, 1.807) is 0 Å². The fourth-order valence-corrected chi connectivity index (χ4v) is 12.6. The monoisotopic (exact) mass is 880 g/mol. The van der Waals surface area contributed by atoms with Gasteiger partial charge in [0.2, 0.25) is 0 Å². The molecule has 14 rings (SSSR count). The number of fused-ring (bicyclic) bond motifs is 13. The van der Waals surface area contributed by atoms with Gasteiger partial charge in [-0.25, -0.2) is 9.97 Å². The SMILES string of the molecule is c1ccc(-c2cccc(-c3cc(-c4cc(-c5cccc6c5C5(c7ccccc7-c7ccccc75)c5ccccc5-6)nc(-c5ccccc5)n4)cc(-c4cccc5c4sc4ccccc45)c3)c2)cc1. The summed E-state index contributed by atoms with van der Waals surface area (Å²) in [6, 6.07) is 88.7. The van der Waals surface area contributed by atoms with Crippen LogP contribution < -0.4 is 0 Å². The second-order valence-corrected chi connectivity index (χ2v) is 19.0. The van der Waals surface area contributed by atoms with Gasteiger partial charge in [0.05, 0.1) is 16.8 Å². The van der Waals surface area contributed by atoms with Crippen LogP contribution in [-0.4, -0.2) is 9.97 Å². The molecule has 0 bridgehead atoms. The lowest BCUT2D eigenvalue weighted by Gasteiger charge is -2.32. The smallest absolute Gasteiger partial charge is 0.160 e. The normalized spacial score (nSPS) is 12.8. The molecule has 0 unspecified atom stereocenters. The Morgan fingerprint density at radius 3 is 1.50 bits per heavy atom. The Balaban J connectivity index is 1.04. The van der Waals surface area contributed by atoms with E-state index in [4.69, 9.17) is 9.97 Å². The number of thiophene rings is 1. The van der Waals surface area contributed by atoms with Crippen LogP contribution >= 0.6 is 11.3 Å². The van der Waals surface area contributed by atoms with Crippen molar-refractivity contribution in [2.45, 2.75) is 5.41 Å². The van der Waals surface area contributed by atoms with Crippen LogP contribution in [0.3, 0.4) is 0 Å². The van der Waals surface area contributed by atoms with Crippen molar-refractivity contribution in [3.63, 3.8) is 0 Å². The molecule has 0 aliphatic heterocycles. The summed E-state index contributed by atoms with van der Waals surface area (Å²) in [4.78, 5) is 11.1. The summed E-state index contributed by atoms with van der Waals surface area (Å²) in [5, 5.41) is 2.57. The van der Waals surface area contributed by atoms with E-state index >= 15 is 0 Å². The van der Waals surface area contributed by atoms with Crippen LogP contribution in [0.1, 0.15) is 22.3 Å². The summed E-state index contributed by atoms with van der Waals surface area (Å²) in [6.07, 6.45) is 0. The van der Waals surface area contributed by atoms with Crippen LogP contribution in [0.2, 0.25) is 0 Å². The van der Waals surface area contributed by atoms with Crippen LogP contribution in [0.4, 0.5) is 0 Å². The number of hydrogen-bond donors (Lipinski definition) is 0. The van der Waals surface area contributed by atoms with Crippen molar-refractivity contribution >= 4 is 31.5 Å². The first-order chi connectivity index (χ1) is 33.7. The van der Waals surface area contributed by atoms with Crippen molar-refractivity contribution in [2.24, 2.45) is 0 Å². The molecular weight excluding hydrogens is 841 g/mol. The minimum Gasteiger partial charge on any atom is -0.228 e. The van der Waals surface area contributed by atoms with E-state index in [-0.39, 0.29) is 0 Å². The zero-order valence-electron chi connectivity index (χ0n) is 36.9. The second kappa shape index (κ2) is 15.3. The van der Waals surface area contributed by atoms with Gasteiger partial charge in [-0.2, -0.15) is 0 Å². The molecule has 12 aromatic rings. The van der Waals surface area contributed by atoms with Gasteiger partial charge in [0.25, 0.3) is 0 Å². The van der Waals surface area contributed by atoms with Crippen LogP contribution in [0, 0.1) is 0 Å². The van der Waals surface area contributed by atoms with Gasteiger partial charge in [-0.3, -0.25) is 0 Å². The van der Waals surface area contributed by atoms with E-state index < -0.39 is 5.41 Å². The Hall–Kier alpha value is -8.50. The predicted octanol–water partition coefficient (Wildman–Crippen LogP) is 17.2. The number of rotatable bonds is 6. The topological polar surface area (TPSA) is 25.8 Å². The maximum atomic E-state index is 5.57. The van der Waals surface area contributed by atoms with Gasteiger partial charge in [-0.15, -0.1) is 11.3 Å². The fraction of sp³-hybridized carbons (Fsp3) is 0.0154. The molecule has 0 saturated carbocycles. The zero-order chi connectivity index (χ0) is 44.8. The maximum Gasteiger partial charge on any atom is 0.160 e.